The second kappa shape index (κ2) is 13.9. The minimum Gasteiger partial charge on any atom is -0.463 e. The Labute approximate surface area is 221 Å². The number of hydrogen-bond donors (Lipinski definition) is 0. The smallest absolute Gasteiger partial charge is 0.303 e. The van der Waals surface area contributed by atoms with Crippen molar-refractivity contribution in [3.63, 3.8) is 0 Å². The first-order valence-corrected chi connectivity index (χ1v) is 12.5. The van der Waals surface area contributed by atoms with Gasteiger partial charge in [-0.3, -0.25) is 24.0 Å². The summed E-state index contributed by atoms with van der Waals surface area (Å²) in [5, 5.41) is 0. The van der Waals surface area contributed by atoms with Crippen LogP contribution in [0.5, 0.6) is 0 Å². The van der Waals surface area contributed by atoms with Gasteiger partial charge in [-0.1, -0.05) is 13.8 Å². The van der Waals surface area contributed by atoms with E-state index in [1.54, 1.807) is 20.8 Å². The zero-order chi connectivity index (χ0) is 28.7. The molecule has 0 bridgehead atoms. The number of esters is 5. The number of ether oxygens (including phenoxy) is 8. The predicted molar refractivity (Wildman–Crippen MR) is 126 cm³/mol. The van der Waals surface area contributed by atoms with Gasteiger partial charge in [-0.15, -0.1) is 0 Å². The van der Waals surface area contributed by atoms with Crippen LogP contribution in [0.2, 0.25) is 0 Å². The molecule has 0 N–H and O–H groups in total. The van der Waals surface area contributed by atoms with Gasteiger partial charge in [-0.25, -0.2) is 0 Å². The Morgan fingerprint density at radius 2 is 1.03 bits per heavy atom. The summed E-state index contributed by atoms with van der Waals surface area (Å²) in [5.74, 6) is -3.82. The van der Waals surface area contributed by atoms with Crippen LogP contribution >= 0.6 is 0 Å². The zero-order valence-electron chi connectivity index (χ0n) is 23.0. The molecule has 0 saturated carbocycles. The van der Waals surface area contributed by atoms with Gasteiger partial charge in [0, 0.05) is 46.5 Å². The third-order valence-electron chi connectivity index (χ3n) is 6.33. The molecule has 2 aliphatic rings. The maximum absolute atomic E-state index is 12.1. The Bertz CT molecular complexity index is 873. The highest BCUT2D eigenvalue weighted by molar-refractivity contribution is 5.68. The lowest BCUT2D eigenvalue weighted by atomic mass is 9.85. The van der Waals surface area contributed by atoms with Gasteiger partial charge in [0.1, 0.15) is 37.6 Å². The lowest BCUT2D eigenvalue weighted by molar-refractivity contribution is -0.326. The molecule has 0 aromatic carbocycles. The lowest BCUT2D eigenvalue weighted by Crippen LogP contribution is -2.63. The van der Waals surface area contributed by atoms with Gasteiger partial charge < -0.3 is 37.9 Å². The van der Waals surface area contributed by atoms with Crippen LogP contribution < -0.4 is 0 Å². The van der Waals surface area contributed by atoms with E-state index in [4.69, 9.17) is 37.9 Å². The van der Waals surface area contributed by atoms with Gasteiger partial charge in [0.05, 0.1) is 6.10 Å². The molecule has 0 aromatic rings. The molecule has 10 atom stereocenters. The van der Waals surface area contributed by atoms with Crippen LogP contribution in [0.25, 0.3) is 0 Å². The normalized spacial score (nSPS) is 34.9. The minimum atomic E-state index is -1.16. The molecule has 2 heterocycles. The van der Waals surface area contributed by atoms with Crippen LogP contribution in [0.3, 0.4) is 0 Å². The standard InChI is InChI=1S/C25H38O13/c1-11-19(9-31-14(4)26)37-25(12(2)21(11)34-16(6)28)38-23-20(10-32-15(5)27)33-13(3)22(35-17(7)29)24(23)36-18(8)30/h11-13,19-25H,9-10H2,1-8H3/t11-,12?,13?,19?,20?,21-,22-,23-,24+,25+/m1/s1. The highest BCUT2D eigenvalue weighted by atomic mass is 16.7. The van der Waals surface area contributed by atoms with E-state index in [-0.39, 0.29) is 19.1 Å². The van der Waals surface area contributed by atoms with Crippen molar-refractivity contribution in [1.82, 2.24) is 0 Å². The molecule has 38 heavy (non-hydrogen) atoms. The fourth-order valence-electron chi connectivity index (χ4n) is 4.65. The maximum Gasteiger partial charge on any atom is 0.303 e. The first-order chi connectivity index (χ1) is 17.7. The Morgan fingerprint density at radius 3 is 1.53 bits per heavy atom. The van der Waals surface area contributed by atoms with Crippen LogP contribution in [-0.2, 0) is 61.9 Å². The summed E-state index contributed by atoms with van der Waals surface area (Å²) >= 11 is 0. The molecule has 13 nitrogen and oxygen atoms in total. The average molecular weight is 547 g/mol. The predicted octanol–water partition coefficient (Wildman–Crippen LogP) is 1.08. The van der Waals surface area contributed by atoms with Crippen molar-refractivity contribution in [1.29, 1.82) is 0 Å². The third-order valence-corrected chi connectivity index (χ3v) is 6.33. The van der Waals surface area contributed by atoms with Gasteiger partial charge >= 0.3 is 29.8 Å². The Morgan fingerprint density at radius 1 is 0.553 bits per heavy atom. The van der Waals surface area contributed by atoms with Crippen LogP contribution in [0.15, 0.2) is 0 Å². The molecular weight excluding hydrogens is 508 g/mol. The molecule has 0 radical (unpaired) electrons. The minimum absolute atomic E-state index is 0.126. The third kappa shape index (κ3) is 8.63. The molecule has 2 fully saturated rings. The van der Waals surface area contributed by atoms with E-state index in [2.05, 4.69) is 0 Å². The highest BCUT2D eigenvalue weighted by Crippen LogP contribution is 2.37. The Kier molecular flexibility index (Phi) is 11.5. The molecule has 2 saturated heterocycles. The first-order valence-electron chi connectivity index (χ1n) is 12.5. The van der Waals surface area contributed by atoms with Crippen LogP contribution in [-0.4, -0.2) is 92.1 Å². The van der Waals surface area contributed by atoms with Crippen LogP contribution in [0.1, 0.15) is 55.4 Å². The molecule has 4 unspecified atom stereocenters. The molecule has 0 aromatic heterocycles. The Balaban J connectivity index is 2.45. The van der Waals surface area contributed by atoms with Crippen molar-refractivity contribution in [2.24, 2.45) is 11.8 Å². The maximum atomic E-state index is 12.1. The summed E-state index contributed by atoms with van der Waals surface area (Å²) in [5.41, 5.74) is 0. The van der Waals surface area contributed by atoms with E-state index in [9.17, 15) is 24.0 Å². The van der Waals surface area contributed by atoms with Crippen molar-refractivity contribution in [3.05, 3.63) is 0 Å². The molecule has 0 spiro atoms. The van der Waals surface area contributed by atoms with Crippen LogP contribution in [0, 0.1) is 11.8 Å². The monoisotopic (exact) mass is 546 g/mol. The average Bonchev–Trinajstić information content (AvgIpc) is 2.79. The van der Waals surface area contributed by atoms with E-state index in [0.717, 1.165) is 0 Å². The van der Waals surface area contributed by atoms with E-state index < -0.39 is 84.8 Å². The molecule has 2 aliphatic heterocycles. The van der Waals surface area contributed by atoms with Gasteiger partial charge in [0.15, 0.2) is 18.5 Å². The molecule has 2 rings (SSSR count). The lowest BCUT2D eigenvalue weighted by Gasteiger charge is -2.48. The Hall–Kier alpha value is -2.77. The van der Waals surface area contributed by atoms with Gasteiger partial charge in [0.25, 0.3) is 0 Å². The van der Waals surface area contributed by atoms with Gasteiger partial charge in [-0.05, 0) is 6.92 Å². The topological polar surface area (TPSA) is 159 Å². The summed E-state index contributed by atoms with van der Waals surface area (Å²) in [4.78, 5) is 58.8. The van der Waals surface area contributed by atoms with E-state index in [1.165, 1.54) is 34.6 Å². The van der Waals surface area contributed by atoms with Crippen molar-refractivity contribution in [3.8, 4) is 0 Å². The first kappa shape index (κ1) is 31.4. The van der Waals surface area contributed by atoms with E-state index in [1.807, 2.05) is 0 Å². The number of carbonyl (C=O) groups is 5. The van der Waals surface area contributed by atoms with E-state index in [0.29, 0.717) is 0 Å². The van der Waals surface area contributed by atoms with Gasteiger partial charge in [0.2, 0.25) is 0 Å². The second-order valence-corrected chi connectivity index (χ2v) is 9.57. The zero-order valence-corrected chi connectivity index (χ0v) is 23.0. The van der Waals surface area contributed by atoms with Crippen LogP contribution in [0.4, 0.5) is 0 Å². The van der Waals surface area contributed by atoms with Crippen molar-refractivity contribution < 1.29 is 61.9 Å². The summed E-state index contributed by atoms with van der Waals surface area (Å²) in [6.07, 6.45) is -7.50. The quantitative estimate of drug-likeness (QED) is 0.299. The molecule has 216 valence electrons. The summed E-state index contributed by atoms with van der Waals surface area (Å²) in [7, 11) is 0. The van der Waals surface area contributed by atoms with Crippen molar-refractivity contribution >= 4 is 29.8 Å². The molecule has 13 heteroatoms. The number of hydrogen-bond acceptors (Lipinski definition) is 13. The fourth-order valence-corrected chi connectivity index (χ4v) is 4.65. The summed E-state index contributed by atoms with van der Waals surface area (Å²) in [6.45, 7) is 10.9. The number of rotatable bonds is 9. The molecular formula is C25H38O13. The SMILES string of the molecule is CC(=O)OCC1O[C@@H](O[C@@H]2C(COC(C)=O)OC(C)[C@@H](OC(C)=O)[C@@H]2OC(C)=O)C(C)[C@H](OC(C)=O)[C@@H]1C. The summed E-state index contributed by atoms with van der Waals surface area (Å²) in [6, 6.07) is 0. The molecule has 0 amide bonds. The van der Waals surface area contributed by atoms with Crippen molar-refractivity contribution in [2.75, 3.05) is 13.2 Å². The summed E-state index contributed by atoms with van der Waals surface area (Å²) < 4.78 is 45.3. The molecule has 0 aliphatic carbocycles. The second-order valence-electron chi connectivity index (χ2n) is 9.57. The van der Waals surface area contributed by atoms with Crippen molar-refractivity contribution in [2.45, 2.75) is 104 Å². The number of carbonyl (C=O) groups excluding carboxylic acids is 5. The largest absolute Gasteiger partial charge is 0.463 e. The highest BCUT2D eigenvalue weighted by Gasteiger charge is 2.53. The van der Waals surface area contributed by atoms with Gasteiger partial charge in [-0.2, -0.15) is 0 Å². The van der Waals surface area contributed by atoms with E-state index >= 15 is 0 Å². The fraction of sp³-hybridized carbons (Fsp3) is 0.800.